The molecule has 0 unspecified atom stereocenters. The van der Waals surface area contributed by atoms with E-state index in [1.54, 1.807) is 16.7 Å². The van der Waals surface area contributed by atoms with Crippen molar-refractivity contribution in [3.8, 4) is 0 Å². The molecular formula is C29H34N2O2S. The predicted molar refractivity (Wildman–Crippen MR) is 142 cm³/mol. The summed E-state index contributed by atoms with van der Waals surface area (Å²) in [5, 5.41) is 2.95. The second kappa shape index (κ2) is 13.0. The Balaban J connectivity index is 1.84. The summed E-state index contributed by atoms with van der Waals surface area (Å²) < 4.78 is 0. The first kappa shape index (κ1) is 25.6. The Bertz CT molecular complexity index is 1080. The molecule has 0 radical (unpaired) electrons. The third kappa shape index (κ3) is 7.22. The highest BCUT2D eigenvalue weighted by Gasteiger charge is 2.30. The van der Waals surface area contributed by atoms with Gasteiger partial charge >= 0.3 is 0 Å². The first-order chi connectivity index (χ1) is 16.5. The van der Waals surface area contributed by atoms with Crippen LogP contribution in [0.25, 0.3) is 0 Å². The van der Waals surface area contributed by atoms with Crippen molar-refractivity contribution in [2.24, 2.45) is 0 Å². The lowest BCUT2D eigenvalue weighted by Gasteiger charge is -2.32. The molecule has 3 aromatic rings. The van der Waals surface area contributed by atoms with Crippen LogP contribution in [-0.4, -0.2) is 35.1 Å². The van der Waals surface area contributed by atoms with E-state index in [1.807, 2.05) is 80.6 Å². The van der Waals surface area contributed by atoms with Gasteiger partial charge in [0.1, 0.15) is 6.04 Å². The van der Waals surface area contributed by atoms with Gasteiger partial charge in [-0.05, 0) is 48.6 Å². The van der Waals surface area contributed by atoms with Gasteiger partial charge in [0.05, 0.1) is 5.75 Å². The number of hydrogen-bond donors (Lipinski definition) is 1. The largest absolute Gasteiger partial charge is 0.355 e. The van der Waals surface area contributed by atoms with Crippen LogP contribution in [0.2, 0.25) is 0 Å². The fourth-order valence-electron chi connectivity index (χ4n) is 3.92. The lowest BCUT2D eigenvalue weighted by Crippen LogP contribution is -2.51. The van der Waals surface area contributed by atoms with Crippen LogP contribution in [0.5, 0.6) is 0 Å². The van der Waals surface area contributed by atoms with Gasteiger partial charge in [-0.3, -0.25) is 9.59 Å². The summed E-state index contributed by atoms with van der Waals surface area (Å²) >= 11 is 1.60. The minimum Gasteiger partial charge on any atom is -0.355 e. The van der Waals surface area contributed by atoms with Gasteiger partial charge in [-0.15, -0.1) is 11.8 Å². The second-order valence-electron chi connectivity index (χ2n) is 8.47. The standard InChI is InChI=1S/C29H34N2O2S/c1-4-30-29(33)27(18-24-14-6-5-7-15-24)31(19-25-16-10-8-12-22(25)2)28(32)21-34-20-26-17-11-9-13-23(26)3/h5-17,27H,4,18-21H2,1-3H3,(H,30,33)/t27-/m0/s1. The summed E-state index contributed by atoms with van der Waals surface area (Å²) in [5.74, 6) is 0.956. The van der Waals surface area contributed by atoms with Crippen molar-refractivity contribution in [3.63, 3.8) is 0 Å². The van der Waals surface area contributed by atoms with Crippen LogP contribution in [0.4, 0.5) is 0 Å². The van der Waals surface area contributed by atoms with Crippen molar-refractivity contribution in [2.45, 2.75) is 45.5 Å². The molecule has 0 aliphatic rings. The van der Waals surface area contributed by atoms with E-state index in [2.05, 4.69) is 24.4 Å². The number of likely N-dealkylation sites (N-methyl/N-ethyl adjacent to an activating group) is 1. The number of rotatable bonds is 11. The van der Waals surface area contributed by atoms with E-state index in [1.165, 1.54) is 11.1 Å². The van der Waals surface area contributed by atoms with Crippen molar-refractivity contribution >= 4 is 23.6 Å². The monoisotopic (exact) mass is 474 g/mol. The maximum absolute atomic E-state index is 13.6. The van der Waals surface area contributed by atoms with E-state index in [0.29, 0.717) is 25.3 Å². The van der Waals surface area contributed by atoms with E-state index in [4.69, 9.17) is 0 Å². The number of amides is 2. The van der Waals surface area contributed by atoms with Gasteiger partial charge in [0, 0.05) is 25.3 Å². The van der Waals surface area contributed by atoms with Gasteiger partial charge in [-0.2, -0.15) is 0 Å². The smallest absolute Gasteiger partial charge is 0.243 e. The molecule has 4 nitrogen and oxygen atoms in total. The normalized spacial score (nSPS) is 11.6. The predicted octanol–water partition coefficient (Wildman–Crippen LogP) is 5.31. The average Bonchev–Trinajstić information content (AvgIpc) is 2.84. The molecule has 0 saturated heterocycles. The molecule has 0 bridgehead atoms. The van der Waals surface area contributed by atoms with Crippen molar-refractivity contribution in [3.05, 3.63) is 107 Å². The van der Waals surface area contributed by atoms with Crippen LogP contribution in [0, 0.1) is 13.8 Å². The molecule has 0 spiro atoms. The molecule has 0 aromatic heterocycles. The average molecular weight is 475 g/mol. The van der Waals surface area contributed by atoms with Crippen LogP contribution >= 0.6 is 11.8 Å². The summed E-state index contributed by atoms with van der Waals surface area (Å²) in [4.78, 5) is 28.6. The Labute approximate surface area is 207 Å². The second-order valence-corrected chi connectivity index (χ2v) is 9.45. The van der Waals surface area contributed by atoms with Gasteiger partial charge in [0.15, 0.2) is 0 Å². The van der Waals surface area contributed by atoms with Gasteiger partial charge in [0.25, 0.3) is 0 Å². The quantitative estimate of drug-likeness (QED) is 0.410. The highest BCUT2D eigenvalue weighted by atomic mass is 32.2. The molecule has 3 rings (SSSR count). The number of benzene rings is 3. The molecule has 178 valence electrons. The molecule has 34 heavy (non-hydrogen) atoms. The molecule has 2 amide bonds. The van der Waals surface area contributed by atoms with Crippen molar-refractivity contribution in [2.75, 3.05) is 12.3 Å². The van der Waals surface area contributed by atoms with E-state index >= 15 is 0 Å². The lowest BCUT2D eigenvalue weighted by atomic mass is 10.0. The topological polar surface area (TPSA) is 49.4 Å². The Morgan fingerprint density at radius 2 is 1.44 bits per heavy atom. The van der Waals surface area contributed by atoms with E-state index in [-0.39, 0.29) is 11.8 Å². The Morgan fingerprint density at radius 1 is 0.853 bits per heavy atom. The van der Waals surface area contributed by atoms with Gasteiger partial charge in [0.2, 0.25) is 11.8 Å². The number of carbonyl (C=O) groups excluding carboxylic acids is 2. The Morgan fingerprint density at radius 3 is 2.06 bits per heavy atom. The number of aryl methyl sites for hydroxylation is 2. The Kier molecular flexibility index (Phi) is 9.77. The van der Waals surface area contributed by atoms with E-state index in [9.17, 15) is 9.59 Å². The minimum absolute atomic E-state index is 0.0194. The molecule has 3 aromatic carbocycles. The molecule has 0 fully saturated rings. The minimum atomic E-state index is -0.575. The molecule has 1 atom stereocenters. The fraction of sp³-hybridized carbons (Fsp3) is 0.310. The zero-order valence-electron chi connectivity index (χ0n) is 20.3. The third-order valence-electron chi connectivity index (χ3n) is 5.97. The van der Waals surface area contributed by atoms with Crippen LogP contribution < -0.4 is 5.32 Å². The number of thioether (sulfide) groups is 1. The van der Waals surface area contributed by atoms with Crippen molar-refractivity contribution in [1.29, 1.82) is 0 Å². The zero-order valence-corrected chi connectivity index (χ0v) is 21.1. The van der Waals surface area contributed by atoms with Gasteiger partial charge < -0.3 is 10.2 Å². The Hall–Kier alpha value is -3.05. The first-order valence-electron chi connectivity index (χ1n) is 11.8. The molecule has 1 N–H and O–H groups in total. The molecule has 0 heterocycles. The van der Waals surface area contributed by atoms with Crippen molar-refractivity contribution < 1.29 is 9.59 Å². The van der Waals surface area contributed by atoms with E-state index in [0.717, 1.165) is 22.4 Å². The number of nitrogens with zero attached hydrogens (tertiary/aromatic N) is 1. The maximum Gasteiger partial charge on any atom is 0.243 e. The fourth-order valence-corrected chi connectivity index (χ4v) is 4.91. The first-order valence-corrected chi connectivity index (χ1v) is 12.9. The maximum atomic E-state index is 13.6. The number of nitrogens with one attached hydrogen (secondary N) is 1. The zero-order chi connectivity index (χ0) is 24.3. The lowest BCUT2D eigenvalue weighted by molar-refractivity contribution is -0.139. The van der Waals surface area contributed by atoms with Crippen LogP contribution in [-0.2, 0) is 28.3 Å². The SMILES string of the molecule is CCNC(=O)[C@H](Cc1ccccc1)N(Cc1ccccc1C)C(=O)CSCc1ccccc1C. The summed E-state index contributed by atoms with van der Waals surface area (Å²) in [6, 6.07) is 25.6. The summed E-state index contributed by atoms with van der Waals surface area (Å²) in [7, 11) is 0. The van der Waals surface area contributed by atoms with Crippen molar-refractivity contribution in [1.82, 2.24) is 10.2 Å². The van der Waals surface area contributed by atoms with Crippen LogP contribution in [0.1, 0.15) is 34.7 Å². The number of carbonyl (C=O) groups is 2. The summed E-state index contributed by atoms with van der Waals surface area (Å²) in [6.07, 6.45) is 0.479. The summed E-state index contributed by atoms with van der Waals surface area (Å²) in [6.45, 7) is 6.98. The summed E-state index contributed by atoms with van der Waals surface area (Å²) in [5.41, 5.74) is 5.66. The molecule has 0 aliphatic carbocycles. The van der Waals surface area contributed by atoms with Crippen LogP contribution in [0.15, 0.2) is 78.9 Å². The highest BCUT2D eigenvalue weighted by molar-refractivity contribution is 7.99. The van der Waals surface area contributed by atoms with Gasteiger partial charge in [-0.1, -0.05) is 78.9 Å². The molecular weight excluding hydrogens is 440 g/mol. The highest BCUT2D eigenvalue weighted by Crippen LogP contribution is 2.20. The van der Waals surface area contributed by atoms with Crippen LogP contribution in [0.3, 0.4) is 0 Å². The van der Waals surface area contributed by atoms with Gasteiger partial charge in [-0.25, -0.2) is 0 Å². The third-order valence-corrected chi connectivity index (χ3v) is 6.93. The molecule has 0 aliphatic heterocycles. The van der Waals surface area contributed by atoms with E-state index < -0.39 is 6.04 Å². The molecule has 0 saturated carbocycles. The number of hydrogen-bond acceptors (Lipinski definition) is 3. The molecule has 5 heteroatoms.